The van der Waals surface area contributed by atoms with Crippen molar-refractivity contribution in [3.63, 3.8) is 0 Å². The van der Waals surface area contributed by atoms with Crippen molar-refractivity contribution in [3.05, 3.63) is 0 Å². The van der Waals surface area contributed by atoms with Crippen LogP contribution in [0.5, 0.6) is 0 Å². The quantitative estimate of drug-likeness (QED) is 0.0813. The van der Waals surface area contributed by atoms with Gasteiger partial charge in [0.05, 0.1) is 32.0 Å². The fraction of sp³-hybridized carbons (Fsp3) is 0.960. The second-order valence-corrected chi connectivity index (χ2v) is 10.8. The van der Waals surface area contributed by atoms with E-state index in [2.05, 4.69) is 0 Å². The van der Waals surface area contributed by atoms with E-state index in [1.165, 1.54) is 14.0 Å². The van der Waals surface area contributed by atoms with Crippen LogP contribution in [0.1, 0.15) is 20.3 Å². The molecular weight excluding hydrogens is 588 g/mol. The average molecular weight is 633 g/mol. The van der Waals surface area contributed by atoms with Gasteiger partial charge in [0.25, 0.3) is 0 Å². The molecule has 0 aromatic heterocycles. The Hall–Kier alpha value is -1.17. The van der Waals surface area contributed by atoms with Crippen molar-refractivity contribution in [3.8, 4) is 0 Å². The Morgan fingerprint density at radius 1 is 0.767 bits per heavy atom. The summed E-state index contributed by atoms with van der Waals surface area (Å²) in [6, 6.07) is 0. The lowest BCUT2D eigenvalue weighted by atomic mass is 9.89. The highest BCUT2D eigenvalue weighted by molar-refractivity contribution is 5.67. The highest BCUT2D eigenvalue weighted by Gasteiger charge is 2.51. The first kappa shape index (κ1) is 36.3. The number of aliphatic carboxylic acids is 1. The number of rotatable bonds is 14. The van der Waals surface area contributed by atoms with Crippen molar-refractivity contribution < 1.29 is 88.6 Å². The van der Waals surface area contributed by atoms with E-state index in [-0.39, 0.29) is 13.0 Å². The topological polar surface area (TPSA) is 273 Å². The summed E-state index contributed by atoms with van der Waals surface area (Å²) in [6.45, 7) is 1.43. The van der Waals surface area contributed by atoms with Gasteiger partial charge in [-0.05, 0) is 13.3 Å². The first-order chi connectivity index (χ1) is 20.3. The van der Waals surface area contributed by atoms with Gasteiger partial charge in [0.2, 0.25) is 0 Å². The zero-order valence-electron chi connectivity index (χ0n) is 24.0. The Balaban J connectivity index is 1.72. The van der Waals surface area contributed by atoms with Gasteiger partial charge in [-0.1, -0.05) is 6.92 Å². The highest BCUT2D eigenvalue weighted by Crippen LogP contribution is 2.33. The van der Waals surface area contributed by atoms with Gasteiger partial charge in [0.1, 0.15) is 61.5 Å². The van der Waals surface area contributed by atoms with Crippen LogP contribution in [0.15, 0.2) is 0 Å². The zero-order chi connectivity index (χ0) is 32.0. The van der Waals surface area contributed by atoms with Crippen LogP contribution in [0.2, 0.25) is 0 Å². The smallest absolute Gasteiger partial charge is 0.329 e. The number of carboxylic acids is 1. The maximum atomic E-state index is 10.9. The fourth-order valence-corrected chi connectivity index (χ4v) is 5.07. The molecule has 16 atom stereocenters. The molecule has 0 amide bonds. The molecule has 0 radical (unpaired) electrons. The Morgan fingerprint density at radius 2 is 1.37 bits per heavy atom. The number of aliphatic hydroxyl groups is 8. The van der Waals surface area contributed by atoms with Gasteiger partial charge in [-0.15, -0.1) is 0 Å². The monoisotopic (exact) mass is 632 g/mol. The largest absolute Gasteiger partial charge is 0.480 e. The van der Waals surface area contributed by atoms with Crippen molar-refractivity contribution in [2.45, 2.75) is 113 Å². The second kappa shape index (κ2) is 16.4. The van der Waals surface area contributed by atoms with Gasteiger partial charge >= 0.3 is 5.97 Å². The summed E-state index contributed by atoms with van der Waals surface area (Å²) >= 11 is 0. The number of hydrogen-bond acceptors (Lipinski definition) is 17. The molecule has 0 spiro atoms. The summed E-state index contributed by atoms with van der Waals surface area (Å²) in [5.74, 6) is -1.84. The minimum absolute atomic E-state index is 0.0642. The van der Waals surface area contributed by atoms with Crippen molar-refractivity contribution in [1.82, 2.24) is 0 Å². The van der Waals surface area contributed by atoms with E-state index in [4.69, 9.17) is 43.0 Å². The standard InChI is InChI=1S/C25H44O18/c1-9-11(4-5-38-10(2)26)40-25(19(33)15(9)29)43-22-13(42-23(36-3)21(35)18(22)32)7-39-24-20(34)17(31)16(30)12(41-24)6-37-8-14(27)28/h9-13,15-26,29-35H,4-8H2,1-3H3,(H,27,28)/t9-,10?,11?,12?,13?,15+,16-,17+,18-,19?,20?,21?,22-,23+,24-,25-/m0/s1. The lowest BCUT2D eigenvalue weighted by Gasteiger charge is -2.47. The highest BCUT2D eigenvalue weighted by atomic mass is 16.8. The maximum absolute atomic E-state index is 10.9. The van der Waals surface area contributed by atoms with Crippen LogP contribution in [-0.2, 0) is 42.7 Å². The summed E-state index contributed by atoms with van der Waals surface area (Å²) in [4.78, 5) is 10.7. The molecule has 18 nitrogen and oxygen atoms in total. The average Bonchev–Trinajstić information content (AvgIpc) is 2.96. The lowest BCUT2D eigenvalue weighted by molar-refractivity contribution is -0.361. The normalized spacial score (nSPS) is 44.7. The van der Waals surface area contributed by atoms with E-state index in [9.17, 15) is 45.6 Å². The number of hydrogen-bond donors (Lipinski definition) is 9. The maximum Gasteiger partial charge on any atom is 0.329 e. The molecule has 43 heavy (non-hydrogen) atoms. The van der Waals surface area contributed by atoms with Crippen LogP contribution in [0.25, 0.3) is 0 Å². The lowest BCUT2D eigenvalue weighted by Crippen LogP contribution is -2.64. The molecule has 3 heterocycles. The van der Waals surface area contributed by atoms with Crippen molar-refractivity contribution >= 4 is 5.97 Å². The molecule has 18 heteroatoms. The SMILES string of the molecule is CO[C@@H]1OC(CO[C@H]2OC(COCC(=O)O)[C@H](O)[C@@H](O)C2O)[C@H](O[C@@H]2OC(CCOC(C)O)[C@H](C)[C@@H](O)C2O)[C@@H](O)C1O. The number of ether oxygens (including phenoxy) is 8. The van der Waals surface area contributed by atoms with Crippen LogP contribution in [-0.4, -0.2) is 178 Å². The molecule has 0 bridgehead atoms. The summed E-state index contributed by atoms with van der Waals surface area (Å²) in [7, 11) is 1.21. The summed E-state index contributed by atoms with van der Waals surface area (Å²) in [5, 5.41) is 91.8. The Morgan fingerprint density at radius 3 is 2.00 bits per heavy atom. The van der Waals surface area contributed by atoms with Gasteiger partial charge in [-0.25, -0.2) is 4.79 Å². The number of methoxy groups -OCH3 is 1. The molecule has 0 aliphatic carbocycles. The molecule has 9 N–H and O–H groups in total. The summed E-state index contributed by atoms with van der Waals surface area (Å²) < 4.78 is 43.6. The van der Waals surface area contributed by atoms with Gasteiger partial charge in [0, 0.05) is 13.0 Å². The van der Waals surface area contributed by atoms with E-state index in [1.807, 2.05) is 0 Å². The predicted molar refractivity (Wildman–Crippen MR) is 136 cm³/mol. The minimum Gasteiger partial charge on any atom is -0.480 e. The molecule has 252 valence electrons. The zero-order valence-corrected chi connectivity index (χ0v) is 24.0. The molecule has 3 aliphatic rings. The van der Waals surface area contributed by atoms with Crippen molar-refractivity contribution in [2.75, 3.05) is 33.5 Å². The van der Waals surface area contributed by atoms with Crippen LogP contribution in [0.4, 0.5) is 0 Å². The minimum atomic E-state index is -1.77. The number of aliphatic hydroxyl groups excluding tert-OH is 8. The molecular formula is C25H44O18. The molecule has 3 saturated heterocycles. The summed E-state index contributed by atoms with van der Waals surface area (Å²) in [6.07, 6.45) is -21.4. The predicted octanol–water partition coefficient (Wildman–Crippen LogP) is -4.78. The molecule has 0 saturated carbocycles. The summed E-state index contributed by atoms with van der Waals surface area (Å²) in [5.41, 5.74) is 0. The second-order valence-electron chi connectivity index (χ2n) is 10.8. The molecule has 7 unspecified atom stereocenters. The molecule has 0 aromatic carbocycles. The Labute approximate surface area is 247 Å². The van der Waals surface area contributed by atoms with E-state index in [1.54, 1.807) is 6.92 Å². The molecule has 3 rings (SSSR count). The van der Waals surface area contributed by atoms with Gasteiger partial charge in [-0.3, -0.25) is 0 Å². The van der Waals surface area contributed by atoms with Crippen LogP contribution >= 0.6 is 0 Å². The Kier molecular flexibility index (Phi) is 13.9. The third kappa shape index (κ3) is 9.19. The van der Waals surface area contributed by atoms with Crippen molar-refractivity contribution in [1.29, 1.82) is 0 Å². The number of carbonyl (C=O) groups is 1. The van der Waals surface area contributed by atoms with Gasteiger partial charge in [0.15, 0.2) is 25.2 Å². The van der Waals surface area contributed by atoms with Gasteiger partial charge < -0.3 is 83.9 Å². The van der Waals surface area contributed by atoms with Gasteiger partial charge in [-0.2, -0.15) is 0 Å². The van der Waals surface area contributed by atoms with E-state index in [0.717, 1.165) is 0 Å². The van der Waals surface area contributed by atoms with E-state index < -0.39 is 124 Å². The first-order valence-corrected chi connectivity index (χ1v) is 13.9. The molecule has 3 fully saturated rings. The third-order valence-electron chi connectivity index (χ3n) is 7.59. The first-order valence-electron chi connectivity index (χ1n) is 13.9. The fourth-order valence-electron chi connectivity index (χ4n) is 5.07. The van der Waals surface area contributed by atoms with E-state index >= 15 is 0 Å². The van der Waals surface area contributed by atoms with Crippen molar-refractivity contribution in [2.24, 2.45) is 5.92 Å². The Bertz CT molecular complexity index is 849. The van der Waals surface area contributed by atoms with Crippen LogP contribution in [0, 0.1) is 5.92 Å². The molecule has 0 aromatic rings. The van der Waals surface area contributed by atoms with Crippen LogP contribution < -0.4 is 0 Å². The number of carboxylic acid groups (broad SMARTS) is 1. The molecule has 3 aliphatic heterocycles. The van der Waals surface area contributed by atoms with E-state index in [0.29, 0.717) is 0 Å². The van der Waals surface area contributed by atoms with Crippen LogP contribution in [0.3, 0.4) is 0 Å². The third-order valence-corrected chi connectivity index (χ3v) is 7.59.